The molecule has 0 aromatic carbocycles. The number of allylic oxidation sites excluding steroid dienone is 8. The molecule has 0 aliphatic heterocycles. The van der Waals surface area contributed by atoms with Crippen molar-refractivity contribution in [3.63, 3.8) is 0 Å². The Kier molecular flexibility index (Phi) is 49.1. The molecule has 0 aliphatic rings. The maximum Gasteiger partial charge on any atom is 0.306 e. The topological polar surface area (TPSA) is 95.9 Å². The second-order valence-corrected chi connectivity index (χ2v) is 18.6. The minimum absolute atomic E-state index is 0.0492. The van der Waals surface area contributed by atoms with Crippen molar-refractivity contribution in [2.45, 2.75) is 296 Å². The van der Waals surface area contributed by atoms with Crippen LogP contribution in [0.15, 0.2) is 48.6 Å². The maximum atomic E-state index is 13.2. The SMILES string of the molecule is CC/C=C/C/C=C/C/C=C/CCCCC(CC(=O)NC(CO)C(O)CCCCCCCCCCCCCCCCCC)OC(=O)CCCCCCC/C=C/CCCCCCCCC. The molecule has 3 unspecified atom stereocenters. The average Bonchev–Trinajstić information content (AvgIpc) is 3.28. The highest BCUT2D eigenvalue weighted by molar-refractivity contribution is 5.77. The van der Waals surface area contributed by atoms with E-state index in [4.69, 9.17) is 4.74 Å². The number of esters is 1. The summed E-state index contributed by atoms with van der Waals surface area (Å²) >= 11 is 0. The molecule has 1 amide bonds. The summed E-state index contributed by atoms with van der Waals surface area (Å²) in [7, 11) is 0. The molecule has 0 aromatic heterocycles. The maximum absolute atomic E-state index is 13.2. The van der Waals surface area contributed by atoms with Crippen molar-refractivity contribution in [1.29, 1.82) is 0 Å². The molecule has 0 saturated carbocycles. The largest absolute Gasteiger partial charge is 0.462 e. The number of amides is 1. The Morgan fingerprint density at radius 3 is 1.33 bits per heavy atom. The Hall–Kier alpha value is -2.18. The highest BCUT2D eigenvalue weighted by atomic mass is 16.5. The average molecular weight is 884 g/mol. The van der Waals surface area contributed by atoms with Gasteiger partial charge in [0.15, 0.2) is 0 Å². The van der Waals surface area contributed by atoms with Crippen LogP contribution >= 0.6 is 0 Å². The molecule has 0 saturated heterocycles. The number of aliphatic hydroxyl groups excluding tert-OH is 2. The van der Waals surface area contributed by atoms with Gasteiger partial charge in [0.1, 0.15) is 6.10 Å². The fourth-order valence-electron chi connectivity index (χ4n) is 8.26. The van der Waals surface area contributed by atoms with E-state index in [0.29, 0.717) is 19.3 Å². The fraction of sp³-hybridized carbons (Fsp3) is 0.825. The molecule has 0 aliphatic carbocycles. The predicted molar refractivity (Wildman–Crippen MR) is 273 cm³/mol. The van der Waals surface area contributed by atoms with Gasteiger partial charge in [0, 0.05) is 6.42 Å². The zero-order valence-corrected chi connectivity index (χ0v) is 42.0. The summed E-state index contributed by atoms with van der Waals surface area (Å²) in [6.45, 7) is 6.37. The van der Waals surface area contributed by atoms with Crippen LogP contribution in [0.4, 0.5) is 0 Å². The lowest BCUT2D eigenvalue weighted by Crippen LogP contribution is -2.46. The molecular weight excluding hydrogens is 779 g/mol. The number of unbranched alkanes of at least 4 members (excludes halogenated alkanes) is 29. The number of carbonyl (C=O) groups is 2. The Labute approximate surface area is 391 Å². The Balaban J connectivity index is 4.54. The fourth-order valence-corrected chi connectivity index (χ4v) is 8.26. The molecule has 0 heterocycles. The van der Waals surface area contributed by atoms with Crippen molar-refractivity contribution in [1.82, 2.24) is 5.32 Å². The van der Waals surface area contributed by atoms with Crippen LogP contribution in [0.25, 0.3) is 0 Å². The van der Waals surface area contributed by atoms with E-state index in [1.807, 2.05) is 0 Å². The minimum Gasteiger partial charge on any atom is -0.462 e. The van der Waals surface area contributed by atoms with Gasteiger partial charge in [-0.3, -0.25) is 9.59 Å². The van der Waals surface area contributed by atoms with Crippen LogP contribution in [0.2, 0.25) is 0 Å². The van der Waals surface area contributed by atoms with Crippen LogP contribution in [0.1, 0.15) is 278 Å². The standard InChI is InChI=1S/C57H105NO5/c1-4-7-10-13-16-19-22-25-27-29-31-34-37-40-43-46-49-55(60)54(52-59)58-56(61)51-53(48-45-42-39-36-33-24-21-18-15-12-9-6-3)63-57(62)50-47-44-41-38-35-32-30-28-26-23-20-17-14-11-8-5-2/h9,12,18,21,28,30,33,36,53-55,59-60H,4-8,10-11,13-17,19-20,22-27,29,31-32,34-35,37-52H2,1-3H3,(H,58,61)/b12-9+,21-18+,30-28+,36-33+. The van der Waals surface area contributed by atoms with E-state index in [9.17, 15) is 19.8 Å². The van der Waals surface area contributed by atoms with Crippen molar-refractivity contribution < 1.29 is 24.5 Å². The van der Waals surface area contributed by atoms with Crippen LogP contribution in [0.5, 0.6) is 0 Å². The first kappa shape index (κ1) is 60.8. The Morgan fingerprint density at radius 1 is 0.476 bits per heavy atom. The molecule has 0 rings (SSSR count). The van der Waals surface area contributed by atoms with E-state index in [-0.39, 0.29) is 24.9 Å². The molecule has 6 nitrogen and oxygen atoms in total. The molecule has 0 fully saturated rings. The predicted octanol–water partition coefficient (Wildman–Crippen LogP) is 16.6. The highest BCUT2D eigenvalue weighted by Crippen LogP contribution is 2.18. The number of nitrogens with one attached hydrogen (secondary N) is 1. The zero-order valence-electron chi connectivity index (χ0n) is 42.0. The first-order valence-electron chi connectivity index (χ1n) is 27.4. The lowest BCUT2D eigenvalue weighted by Gasteiger charge is -2.24. The van der Waals surface area contributed by atoms with E-state index in [1.54, 1.807) is 0 Å². The van der Waals surface area contributed by atoms with Crippen molar-refractivity contribution in [3.05, 3.63) is 48.6 Å². The van der Waals surface area contributed by atoms with Crippen LogP contribution in [-0.4, -0.2) is 46.9 Å². The summed E-state index contributed by atoms with van der Waals surface area (Å²) in [4.78, 5) is 26.2. The van der Waals surface area contributed by atoms with E-state index >= 15 is 0 Å². The van der Waals surface area contributed by atoms with E-state index in [1.165, 1.54) is 148 Å². The summed E-state index contributed by atoms with van der Waals surface area (Å²) < 4.78 is 5.92. The van der Waals surface area contributed by atoms with Crippen LogP contribution < -0.4 is 5.32 Å². The molecule has 368 valence electrons. The second kappa shape index (κ2) is 50.8. The molecule has 0 bridgehead atoms. The summed E-state index contributed by atoms with van der Waals surface area (Å²) in [5.41, 5.74) is 0. The van der Waals surface area contributed by atoms with Crippen LogP contribution in [-0.2, 0) is 14.3 Å². The smallest absolute Gasteiger partial charge is 0.306 e. The first-order chi connectivity index (χ1) is 31.0. The lowest BCUT2D eigenvalue weighted by atomic mass is 10.0. The van der Waals surface area contributed by atoms with Gasteiger partial charge in [-0.05, 0) is 83.5 Å². The highest BCUT2D eigenvalue weighted by Gasteiger charge is 2.24. The lowest BCUT2D eigenvalue weighted by molar-refractivity contribution is -0.151. The Morgan fingerprint density at radius 2 is 0.857 bits per heavy atom. The molecule has 0 aromatic rings. The normalized spacial score (nSPS) is 13.5. The number of hydrogen-bond donors (Lipinski definition) is 3. The van der Waals surface area contributed by atoms with Crippen molar-refractivity contribution in [2.24, 2.45) is 0 Å². The van der Waals surface area contributed by atoms with Gasteiger partial charge < -0.3 is 20.3 Å². The third kappa shape index (κ3) is 46.2. The van der Waals surface area contributed by atoms with Crippen LogP contribution in [0.3, 0.4) is 0 Å². The number of carbonyl (C=O) groups excluding carboxylic acids is 2. The van der Waals surface area contributed by atoms with Gasteiger partial charge in [-0.1, -0.05) is 230 Å². The van der Waals surface area contributed by atoms with Crippen molar-refractivity contribution >= 4 is 11.9 Å². The van der Waals surface area contributed by atoms with Crippen LogP contribution in [0, 0.1) is 0 Å². The molecule has 3 atom stereocenters. The number of rotatable bonds is 49. The molecule has 0 radical (unpaired) electrons. The third-order valence-electron chi connectivity index (χ3n) is 12.4. The monoisotopic (exact) mass is 884 g/mol. The van der Waals surface area contributed by atoms with Crippen molar-refractivity contribution in [2.75, 3.05) is 6.61 Å². The van der Waals surface area contributed by atoms with E-state index in [0.717, 1.165) is 83.5 Å². The number of ether oxygens (including phenoxy) is 1. The number of hydrogen-bond acceptors (Lipinski definition) is 5. The van der Waals surface area contributed by atoms with Gasteiger partial charge in [-0.25, -0.2) is 0 Å². The van der Waals surface area contributed by atoms with Gasteiger partial charge >= 0.3 is 5.97 Å². The van der Waals surface area contributed by atoms with Gasteiger partial charge in [0.25, 0.3) is 0 Å². The third-order valence-corrected chi connectivity index (χ3v) is 12.4. The molecule has 3 N–H and O–H groups in total. The molecule has 63 heavy (non-hydrogen) atoms. The van der Waals surface area contributed by atoms with Crippen molar-refractivity contribution in [3.8, 4) is 0 Å². The summed E-state index contributed by atoms with van der Waals surface area (Å²) in [5.74, 6) is -0.515. The minimum atomic E-state index is -0.799. The molecule has 0 spiro atoms. The quantitative estimate of drug-likeness (QED) is 0.0321. The number of aliphatic hydroxyl groups is 2. The zero-order chi connectivity index (χ0) is 45.9. The van der Waals surface area contributed by atoms with Gasteiger partial charge in [-0.2, -0.15) is 0 Å². The van der Waals surface area contributed by atoms with Gasteiger partial charge in [0.2, 0.25) is 5.91 Å². The van der Waals surface area contributed by atoms with Gasteiger partial charge in [0.05, 0.1) is 25.2 Å². The summed E-state index contributed by atoms with van der Waals surface area (Å²) in [6, 6.07) is -0.715. The molecular formula is C57H105NO5. The van der Waals surface area contributed by atoms with E-state index < -0.39 is 18.2 Å². The summed E-state index contributed by atoms with van der Waals surface area (Å²) in [6.07, 6.45) is 61.8. The Bertz CT molecular complexity index is 1080. The second-order valence-electron chi connectivity index (χ2n) is 18.6. The molecule has 6 heteroatoms. The van der Waals surface area contributed by atoms with E-state index in [2.05, 4.69) is 74.7 Å². The summed E-state index contributed by atoms with van der Waals surface area (Å²) in [5, 5.41) is 23.8. The first-order valence-corrected chi connectivity index (χ1v) is 27.4. The van der Waals surface area contributed by atoms with Gasteiger partial charge in [-0.15, -0.1) is 0 Å².